The summed E-state index contributed by atoms with van der Waals surface area (Å²) in [5, 5.41) is 8.91. The first kappa shape index (κ1) is 15.3. The van der Waals surface area contributed by atoms with Gasteiger partial charge in [-0.2, -0.15) is 22.8 Å². The molecule has 7 nitrogen and oxygen atoms in total. The molecule has 0 fully saturated rings. The van der Waals surface area contributed by atoms with Crippen molar-refractivity contribution in [2.24, 2.45) is 0 Å². The average molecular weight is 351 g/mol. The van der Waals surface area contributed by atoms with Gasteiger partial charge in [0.25, 0.3) is 0 Å². The van der Waals surface area contributed by atoms with Gasteiger partial charge in [-0.15, -0.1) is 0 Å². The fourth-order valence-corrected chi connectivity index (χ4v) is 2.92. The van der Waals surface area contributed by atoms with Crippen LogP contribution in [0.4, 0.5) is 17.6 Å². The van der Waals surface area contributed by atoms with Crippen LogP contribution in [0.1, 0.15) is 5.82 Å². The lowest BCUT2D eigenvalue weighted by Gasteiger charge is -2.31. The Balaban J connectivity index is 2.32. The van der Waals surface area contributed by atoms with Gasteiger partial charge in [-0.3, -0.25) is 0 Å². The molecule has 2 heterocycles. The van der Waals surface area contributed by atoms with Crippen molar-refractivity contribution in [3.8, 4) is 17.6 Å². The number of benzene rings is 1. The van der Waals surface area contributed by atoms with Crippen LogP contribution in [0.15, 0.2) is 12.1 Å². The van der Waals surface area contributed by atoms with Crippen molar-refractivity contribution in [1.82, 2.24) is 8.96 Å². The Morgan fingerprint density at radius 1 is 1.17 bits per heavy atom. The maximum absolute atomic E-state index is 13.2. The highest BCUT2D eigenvalue weighted by atomic mass is 32.2. The third kappa shape index (κ3) is 2.15. The number of alkyl halides is 4. The maximum atomic E-state index is 13.2. The normalized spacial score (nSPS) is 18.6. The van der Waals surface area contributed by atoms with Crippen LogP contribution in [0.2, 0.25) is 0 Å². The number of imidazole rings is 1. The molecule has 1 aliphatic heterocycles. The molecular weight excluding hydrogens is 346 g/mol. The Labute approximate surface area is 125 Å². The molecule has 0 bridgehead atoms. The second-order valence-corrected chi connectivity index (χ2v) is 6.43. The first-order valence-electron chi connectivity index (χ1n) is 5.77. The molecule has 0 spiro atoms. The number of hydrogen-bond donors (Lipinski definition) is 0. The Morgan fingerprint density at radius 3 is 2.17 bits per heavy atom. The molecule has 0 radical (unpaired) electrons. The van der Waals surface area contributed by atoms with Crippen LogP contribution in [-0.2, 0) is 10.0 Å². The van der Waals surface area contributed by atoms with Gasteiger partial charge in [0.2, 0.25) is 15.8 Å². The highest BCUT2D eigenvalue weighted by Gasteiger charge is 2.66. The van der Waals surface area contributed by atoms with E-state index in [1.54, 1.807) is 0 Å². The molecule has 1 aromatic carbocycles. The zero-order valence-corrected chi connectivity index (χ0v) is 11.9. The molecule has 23 heavy (non-hydrogen) atoms. The number of ether oxygens (including phenoxy) is 2. The number of rotatable bonds is 1. The molecule has 0 aliphatic carbocycles. The van der Waals surface area contributed by atoms with E-state index in [1.165, 1.54) is 6.07 Å². The fourth-order valence-electron chi connectivity index (χ4n) is 2.02. The largest absolute Gasteiger partial charge is 0.507 e. The van der Waals surface area contributed by atoms with Crippen molar-refractivity contribution in [2.45, 2.75) is 12.2 Å². The summed E-state index contributed by atoms with van der Waals surface area (Å²) >= 11 is 0. The van der Waals surface area contributed by atoms with Crippen molar-refractivity contribution in [3.63, 3.8) is 0 Å². The van der Waals surface area contributed by atoms with Crippen LogP contribution in [0.25, 0.3) is 11.0 Å². The number of nitriles is 1. The van der Waals surface area contributed by atoms with E-state index in [9.17, 15) is 26.0 Å². The van der Waals surface area contributed by atoms with Crippen LogP contribution >= 0.6 is 0 Å². The van der Waals surface area contributed by atoms with E-state index in [0.717, 1.165) is 18.4 Å². The van der Waals surface area contributed by atoms with Gasteiger partial charge in [-0.1, -0.05) is 0 Å². The van der Waals surface area contributed by atoms with E-state index >= 15 is 0 Å². The van der Waals surface area contributed by atoms with Crippen LogP contribution < -0.4 is 9.47 Å². The van der Waals surface area contributed by atoms with Crippen molar-refractivity contribution in [3.05, 3.63) is 18.0 Å². The quantitative estimate of drug-likeness (QED) is 0.726. The van der Waals surface area contributed by atoms with E-state index in [2.05, 4.69) is 14.5 Å². The van der Waals surface area contributed by atoms with Crippen molar-refractivity contribution in [2.75, 3.05) is 6.26 Å². The summed E-state index contributed by atoms with van der Waals surface area (Å²) < 4.78 is 84.4. The minimum atomic E-state index is -4.94. The Bertz CT molecular complexity index is 977. The van der Waals surface area contributed by atoms with Crippen molar-refractivity contribution >= 4 is 21.1 Å². The lowest BCUT2D eigenvalue weighted by Crippen LogP contribution is -2.52. The lowest BCUT2D eigenvalue weighted by molar-refractivity contribution is -0.391. The Hall–Kier alpha value is -2.55. The summed E-state index contributed by atoms with van der Waals surface area (Å²) in [6.07, 6.45) is -9.10. The molecule has 122 valence electrons. The summed E-state index contributed by atoms with van der Waals surface area (Å²) in [6.45, 7) is 0. The number of halogens is 4. The number of fused-ring (bicyclic) bond motifs is 2. The van der Waals surface area contributed by atoms with Gasteiger partial charge in [0.15, 0.2) is 11.5 Å². The molecule has 0 amide bonds. The molecule has 1 aliphatic rings. The monoisotopic (exact) mass is 351 g/mol. The van der Waals surface area contributed by atoms with Crippen LogP contribution in [-0.4, -0.2) is 35.8 Å². The van der Waals surface area contributed by atoms with Gasteiger partial charge < -0.3 is 9.47 Å². The highest BCUT2D eigenvalue weighted by Crippen LogP contribution is 2.48. The third-order valence-corrected chi connectivity index (χ3v) is 3.96. The van der Waals surface area contributed by atoms with Gasteiger partial charge in [-0.05, 0) is 0 Å². The van der Waals surface area contributed by atoms with Gasteiger partial charge in [0.05, 0.1) is 17.3 Å². The molecule has 0 N–H and O–H groups in total. The SMILES string of the molecule is CS(=O)(=O)n1c(C#N)nc2cc3c(cc21)OC(F)(F)C(F)(F)O3. The number of nitrogens with zero attached hydrogens (tertiary/aromatic N) is 3. The Kier molecular flexibility index (Phi) is 2.84. The molecule has 0 saturated carbocycles. The second-order valence-electron chi connectivity index (χ2n) is 4.60. The summed E-state index contributed by atoms with van der Waals surface area (Å²) in [5.74, 6) is -2.12. The molecule has 3 rings (SSSR count). The van der Waals surface area contributed by atoms with Crippen molar-refractivity contribution < 1.29 is 35.5 Å². The molecule has 1 aromatic heterocycles. The predicted octanol–water partition coefficient (Wildman–Crippen LogP) is 1.67. The van der Waals surface area contributed by atoms with E-state index in [-0.39, 0.29) is 11.0 Å². The average Bonchev–Trinajstić information content (AvgIpc) is 2.74. The minimum Gasteiger partial charge on any atom is -0.421 e. The molecule has 0 saturated heterocycles. The predicted molar refractivity (Wildman–Crippen MR) is 65.8 cm³/mol. The van der Waals surface area contributed by atoms with Crippen LogP contribution in [0.3, 0.4) is 0 Å². The Morgan fingerprint density at radius 2 is 1.70 bits per heavy atom. The van der Waals surface area contributed by atoms with Gasteiger partial charge in [0, 0.05) is 12.1 Å². The highest BCUT2D eigenvalue weighted by molar-refractivity contribution is 7.89. The minimum absolute atomic E-state index is 0.213. The second kappa shape index (κ2) is 4.25. The fraction of sp³-hybridized carbons (Fsp3) is 0.273. The molecule has 2 aromatic rings. The lowest BCUT2D eigenvalue weighted by atomic mass is 10.2. The first-order valence-corrected chi connectivity index (χ1v) is 7.62. The maximum Gasteiger partial charge on any atom is 0.507 e. The summed E-state index contributed by atoms with van der Waals surface area (Å²) in [4.78, 5) is 3.64. The third-order valence-electron chi connectivity index (χ3n) is 2.93. The molecule has 0 unspecified atom stereocenters. The molecular formula is C11H5F4N3O4S. The summed E-state index contributed by atoms with van der Waals surface area (Å²) in [6, 6.07) is 3.04. The van der Waals surface area contributed by atoms with E-state index in [1.807, 2.05) is 0 Å². The zero-order valence-electron chi connectivity index (χ0n) is 11.0. The van der Waals surface area contributed by atoms with Crippen LogP contribution in [0, 0.1) is 11.3 Å². The standard InChI is InChI=1S/C11H5F4N3O4S/c1-23(19,20)18-6-3-8-7(2-5(6)17-9(18)4-16)21-10(12,13)11(14,15)22-8/h2-3H,1H3. The van der Waals surface area contributed by atoms with E-state index in [4.69, 9.17) is 5.26 Å². The zero-order chi connectivity index (χ0) is 17.2. The van der Waals surface area contributed by atoms with Crippen molar-refractivity contribution in [1.29, 1.82) is 5.26 Å². The van der Waals surface area contributed by atoms with E-state index in [0.29, 0.717) is 3.97 Å². The van der Waals surface area contributed by atoms with Gasteiger partial charge in [-0.25, -0.2) is 17.4 Å². The topological polar surface area (TPSA) is 94.2 Å². The van der Waals surface area contributed by atoms with Gasteiger partial charge in [0.1, 0.15) is 6.07 Å². The number of aromatic nitrogens is 2. The van der Waals surface area contributed by atoms with Crippen LogP contribution in [0.5, 0.6) is 11.5 Å². The van der Waals surface area contributed by atoms with E-state index < -0.39 is 39.6 Å². The van der Waals surface area contributed by atoms with Gasteiger partial charge >= 0.3 is 12.2 Å². The smallest absolute Gasteiger partial charge is 0.421 e. The first-order chi connectivity index (χ1) is 10.5. The summed E-state index contributed by atoms with van der Waals surface area (Å²) in [7, 11) is -4.01. The number of hydrogen-bond acceptors (Lipinski definition) is 6. The summed E-state index contributed by atoms with van der Waals surface area (Å²) in [5.41, 5.74) is -0.497. The molecule has 12 heteroatoms. The molecule has 0 atom stereocenters.